The van der Waals surface area contributed by atoms with Crippen LogP contribution in [0.1, 0.15) is 28.6 Å². The molecule has 1 aliphatic heterocycles. The van der Waals surface area contributed by atoms with Crippen molar-refractivity contribution in [3.05, 3.63) is 57.2 Å². The molecule has 0 spiro atoms. The fourth-order valence-electron chi connectivity index (χ4n) is 2.63. The van der Waals surface area contributed by atoms with Crippen molar-refractivity contribution in [3.8, 4) is 0 Å². The van der Waals surface area contributed by atoms with Gasteiger partial charge in [-0.1, -0.05) is 48.9 Å². The average Bonchev–Trinajstić information content (AvgIpc) is 3.13. The Labute approximate surface area is 147 Å². The molecule has 0 aliphatic carbocycles. The summed E-state index contributed by atoms with van der Waals surface area (Å²) in [6.07, 6.45) is 0.360. The maximum absolute atomic E-state index is 12.8. The number of thiophene rings is 1. The monoisotopic (exact) mass is 363 g/mol. The van der Waals surface area contributed by atoms with Gasteiger partial charge in [-0.05, 0) is 24.1 Å². The van der Waals surface area contributed by atoms with Crippen LogP contribution in [-0.4, -0.2) is 22.9 Å². The lowest BCUT2D eigenvalue weighted by atomic mass is 9.87. The van der Waals surface area contributed by atoms with Crippen molar-refractivity contribution in [3.63, 3.8) is 0 Å². The molecular weight excluding hydrogens is 350 g/mol. The van der Waals surface area contributed by atoms with Gasteiger partial charge >= 0.3 is 6.03 Å². The van der Waals surface area contributed by atoms with Crippen LogP contribution in [0.2, 0.25) is 4.34 Å². The normalized spacial score (nSPS) is 20.2. The zero-order valence-electron chi connectivity index (χ0n) is 12.7. The van der Waals surface area contributed by atoms with Crippen molar-refractivity contribution >= 4 is 40.8 Å². The van der Waals surface area contributed by atoms with Gasteiger partial charge in [0.05, 0.1) is 9.21 Å². The van der Waals surface area contributed by atoms with Gasteiger partial charge in [-0.2, -0.15) is 5.01 Å². The van der Waals surface area contributed by atoms with Gasteiger partial charge in [-0.3, -0.25) is 15.0 Å². The molecule has 6 nitrogen and oxygen atoms in total. The number of carbonyl (C=O) groups excluding carboxylic acids is 3. The summed E-state index contributed by atoms with van der Waals surface area (Å²) in [5.74, 6) is -1.08. The van der Waals surface area contributed by atoms with E-state index in [1.165, 1.54) is 6.07 Å². The number of hydrogen-bond donors (Lipinski definition) is 2. The Morgan fingerprint density at radius 2 is 1.96 bits per heavy atom. The number of carbonyl (C=O) groups is 3. The van der Waals surface area contributed by atoms with Gasteiger partial charge in [0.2, 0.25) is 0 Å². The van der Waals surface area contributed by atoms with Crippen LogP contribution in [-0.2, 0) is 10.3 Å². The van der Waals surface area contributed by atoms with Gasteiger partial charge in [0.15, 0.2) is 0 Å². The zero-order chi connectivity index (χ0) is 17.3. The second-order valence-corrected chi connectivity index (χ2v) is 6.96. The van der Waals surface area contributed by atoms with Crippen molar-refractivity contribution < 1.29 is 14.4 Å². The molecule has 3 rings (SSSR count). The molecule has 8 heteroatoms. The molecule has 1 aromatic carbocycles. The van der Waals surface area contributed by atoms with Crippen LogP contribution in [0.15, 0.2) is 42.5 Å². The van der Waals surface area contributed by atoms with Crippen molar-refractivity contribution in [2.75, 3.05) is 0 Å². The topological polar surface area (TPSA) is 78.5 Å². The lowest BCUT2D eigenvalue weighted by Crippen LogP contribution is -2.48. The number of nitrogens with one attached hydrogen (secondary N) is 2. The van der Waals surface area contributed by atoms with E-state index in [2.05, 4.69) is 10.7 Å². The van der Waals surface area contributed by atoms with E-state index < -0.39 is 23.4 Å². The van der Waals surface area contributed by atoms with E-state index >= 15 is 0 Å². The van der Waals surface area contributed by atoms with Crippen LogP contribution in [0.3, 0.4) is 0 Å². The minimum atomic E-state index is -1.18. The molecule has 0 unspecified atom stereocenters. The van der Waals surface area contributed by atoms with Crippen molar-refractivity contribution in [2.45, 2.75) is 18.9 Å². The summed E-state index contributed by atoms with van der Waals surface area (Å²) in [7, 11) is 0. The number of halogens is 1. The van der Waals surface area contributed by atoms with Crippen molar-refractivity contribution in [1.29, 1.82) is 0 Å². The Morgan fingerprint density at radius 1 is 1.25 bits per heavy atom. The maximum atomic E-state index is 12.8. The van der Waals surface area contributed by atoms with Gasteiger partial charge < -0.3 is 5.32 Å². The van der Waals surface area contributed by atoms with Gasteiger partial charge in [-0.15, -0.1) is 11.3 Å². The van der Waals surface area contributed by atoms with Gasteiger partial charge in [0.1, 0.15) is 5.54 Å². The smallest absolute Gasteiger partial charge is 0.318 e. The zero-order valence-corrected chi connectivity index (χ0v) is 14.3. The quantitative estimate of drug-likeness (QED) is 0.820. The number of nitrogens with zero attached hydrogens (tertiary/aromatic N) is 1. The predicted octanol–water partition coefficient (Wildman–Crippen LogP) is 2.90. The third-order valence-electron chi connectivity index (χ3n) is 3.90. The van der Waals surface area contributed by atoms with Gasteiger partial charge in [-0.25, -0.2) is 4.79 Å². The lowest BCUT2D eigenvalue weighted by Gasteiger charge is -2.25. The number of benzene rings is 1. The average molecular weight is 364 g/mol. The molecule has 1 aromatic heterocycles. The van der Waals surface area contributed by atoms with Crippen molar-refractivity contribution in [1.82, 2.24) is 15.8 Å². The number of hydrazine groups is 1. The van der Waals surface area contributed by atoms with E-state index in [9.17, 15) is 14.4 Å². The molecule has 1 aliphatic rings. The fraction of sp³-hybridized carbons (Fsp3) is 0.188. The molecule has 0 bridgehead atoms. The third kappa shape index (κ3) is 2.65. The molecule has 4 amide bonds. The predicted molar refractivity (Wildman–Crippen MR) is 90.6 cm³/mol. The second-order valence-electron chi connectivity index (χ2n) is 5.24. The Kier molecular flexibility index (Phi) is 4.29. The molecule has 1 saturated heterocycles. The van der Waals surface area contributed by atoms with Crippen molar-refractivity contribution in [2.24, 2.45) is 0 Å². The number of imide groups is 1. The summed E-state index contributed by atoms with van der Waals surface area (Å²) in [5, 5.41) is 3.42. The Bertz CT molecular complexity index is 808. The van der Waals surface area contributed by atoms with Crippen LogP contribution in [0.4, 0.5) is 4.79 Å². The van der Waals surface area contributed by atoms with E-state index in [-0.39, 0.29) is 0 Å². The minimum Gasteiger partial charge on any atom is -0.318 e. The first-order valence-electron chi connectivity index (χ1n) is 7.26. The highest BCUT2D eigenvalue weighted by Gasteiger charge is 2.52. The first kappa shape index (κ1) is 16.5. The molecule has 2 aromatic rings. The highest BCUT2D eigenvalue weighted by Crippen LogP contribution is 2.31. The van der Waals surface area contributed by atoms with Crippen LogP contribution in [0.5, 0.6) is 0 Å². The van der Waals surface area contributed by atoms with E-state index in [0.717, 1.165) is 16.3 Å². The van der Waals surface area contributed by atoms with Crippen LogP contribution >= 0.6 is 22.9 Å². The summed E-state index contributed by atoms with van der Waals surface area (Å²) < 4.78 is 0.449. The second kappa shape index (κ2) is 6.26. The largest absolute Gasteiger partial charge is 0.344 e. The number of amides is 4. The number of rotatable bonds is 4. The van der Waals surface area contributed by atoms with Crippen LogP contribution < -0.4 is 10.7 Å². The molecule has 1 fully saturated rings. The number of urea groups is 1. The van der Waals surface area contributed by atoms with E-state index in [0.29, 0.717) is 21.2 Å². The number of hydrogen-bond acceptors (Lipinski definition) is 4. The Hall–Kier alpha value is -2.38. The summed E-state index contributed by atoms with van der Waals surface area (Å²) in [5.41, 5.74) is 1.84. The Balaban J connectivity index is 1.87. The summed E-state index contributed by atoms with van der Waals surface area (Å²) in [6, 6.07) is 11.4. The molecular formula is C16H14ClN3O3S. The van der Waals surface area contributed by atoms with E-state index in [1.54, 1.807) is 37.3 Å². The molecule has 1 atom stereocenters. The Morgan fingerprint density at radius 3 is 2.54 bits per heavy atom. The summed E-state index contributed by atoms with van der Waals surface area (Å²) in [4.78, 5) is 37.6. The minimum absolute atomic E-state index is 0.314. The van der Waals surface area contributed by atoms with Crippen LogP contribution in [0, 0.1) is 0 Å². The third-order valence-corrected chi connectivity index (χ3v) is 5.13. The molecule has 0 saturated carbocycles. The molecule has 2 heterocycles. The van der Waals surface area contributed by atoms with Gasteiger partial charge in [0.25, 0.3) is 11.8 Å². The first-order valence-corrected chi connectivity index (χ1v) is 8.46. The molecule has 124 valence electrons. The van der Waals surface area contributed by atoms with E-state index in [1.807, 2.05) is 6.07 Å². The maximum Gasteiger partial charge on any atom is 0.344 e. The fourth-order valence-corrected chi connectivity index (χ4v) is 3.56. The first-order chi connectivity index (χ1) is 11.5. The van der Waals surface area contributed by atoms with Gasteiger partial charge in [0, 0.05) is 0 Å². The molecule has 2 N–H and O–H groups in total. The highest BCUT2D eigenvalue weighted by atomic mass is 35.5. The molecule has 24 heavy (non-hydrogen) atoms. The van der Waals surface area contributed by atoms with Crippen LogP contribution in [0.25, 0.3) is 0 Å². The standard InChI is InChI=1S/C16H14ClN3O3S/c1-2-16(10-6-4-3-5-7-10)14(22)20(15(23)18-16)19-13(21)11-8-9-12(17)24-11/h3-9H,2H2,1H3,(H,18,23)(H,19,21)/t16-/m1/s1. The summed E-state index contributed by atoms with van der Waals surface area (Å²) >= 11 is 6.87. The molecule has 0 radical (unpaired) electrons. The SMILES string of the molecule is CC[C@]1(c2ccccc2)NC(=O)N(NC(=O)c2ccc(Cl)s2)C1=O. The van der Waals surface area contributed by atoms with E-state index in [4.69, 9.17) is 11.6 Å². The highest BCUT2D eigenvalue weighted by molar-refractivity contribution is 7.18. The lowest BCUT2D eigenvalue weighted by molar-refractivity contribution is -0.133. The summed E-state index contributed by atoms with van der Waals surface area (Å²) in [6.45, 7) is 1.80.